The van der Waals surface area contributed by atoms with Crippen LogP contribution >= 0.6 is 0 Å². The standard InChI is InChI=1S/C21H22FNO2/c1-10-8-11(2)13(4)18(12(10)3)21(24)25-20-15(6)14(5)17(9-23)19(22)16(20)7/h8H,1-7H3. The minimum atomic E-state index is -0.637. The Morgan fingerprint density at radius 1 is 0.920 bits per heavy atom. The van der Waals surface area contributed by atoms with E-state index in [-0.39, 0.29) is 16.9 Å². The Kier molecular flexibility index (Phi) is 4.99. The van der Waals surface area contributed by atoms with Crippen LogP contribution in [0.25, 0.3) is 0 Å². The maximum absolute atomic E-state index is 14.4. The van der Waals surface area contributed by atoms with Crippen molar-refractivity contribution in [1.29, 1.82) is 5.26 Å². The smallest absolute Gasteiger partial charge is 0.344 e. The second kappa shape index (κ2) is 6.68. The van der Waals surface area contributed by atoms with Gasteiger partial charge in [0.15, 0.2) is 0 Å². The van der Waals surface area contributed by atoms with Gasteiger partial charge in [0.05, 0.1) is 11.1 Å². The molecule has 0 aliphatic rings. The third kappa shape index (κ3) is 3.02. The summed E-state index contributed by atoms with van der Waals surface area (Å²) in [6, 6.07) is 3.91. The largest absolute Gasteiger partial charge is 0.422 e. The van der Waals surface area contributed by atoms with Gasteiger partial charge in [0, 0.05) is 5.56 Å². The lowest BCUT2D eigenvalue weighted by molar-refractivity contribution is 0.0730. The van der Waals surface area contributed by atoms with Crippen molar-refractivity contribution in [2.45, 2.75) is 48.5 Å². The molecule has 4 heteroatoms. The van der Waals surface area contributed by atoms with Crippen molar-refractivity contribution < 1.29 is 13.9 Å². The summed E-state index contributed by atoms with van der Waals surface area (Å²) in [4.78, 5) is 12.8. The van der Waals surface area contributed by atoms with Crippen molar-refractivity contribution in [3.05, 3.63) is 62.0 Å². The summed E-state index contributed by atoms with van der Waals surface area (Å²) in [5.41, 5.74) is 5.49. The zero-order valence-corrected chi connectivity index (χ0v) is 15.7. The van der Waals surface area contributed by atoms with E-state index in [9.17, 15) is 9.18 Å². The van der Waals surface area contributed by atoms with Gasteiger partial charge in [0.25, 0.3) is 0 Å². The Hall–Kier alpha value is -2.67. The predicted octanol–water partition coefficient (Wildman–Crippen LogP) is 5.08. The summed E-state index contributed by atoms with van der Waals surface area (Å²) in [5, 5.41) is 9.14. The molecule has 2 rings (SSSR count). The molecule has 130 valence electrons. The minimum absolute atomic E-state index is 0.00596. The van der Waals surface area contributed by atoms with Gasteiger partial charge in [-0.3, -0.25) is 0 Å². The Bertz CT molecular complexity index is 881. The molecular formula is C21H22FNO2. The van der Waals surface area contributed by atoms with Crippen molar-refractivity contribution in [2.75, 3.05) is 0 Å². The molecule has 0 unspecified atom stereocenters. The second-order valence-electron chi connectivity index (χ2n) is 6.53. The molecule has 0 atom stereocenters. The Balaban J connectivity index is 2.60. The minimum Gasteiger partial charge on any atom is -0.422 e. The number of hydrogen-bond acceptors (Lipinski definition) is 3. The lowest BCUT2D eigenvalue weighted by Gasteiger charge is -2.18. The molecule has 0 bridgehead atoms. The fourth-order valence-corrected chi connectivity index (χ4v) is 3.04. The van der Waals surface area contributed by atoms with Crippen LogP contribution in [0.15, 0.2) is 6.07 Å². The molecule has 0 spiro atoms. The van der Waals surface area contributed by atoms with Crippen LogP contribution in [-0.2, 0) is 0 Å². The van der Waals surface area contributed by atoms with Crippen LogP contribution in [0.1, 0.15) is 54.9 Å². The van der Waals surface area contributed by atoms with E-state index < -0.39 is 11.8 Å². The summed E-state index contributed by atoms with van der Waals surface area (Å²) in [6.07, 6.45) is 0. The molecule has 0 saturated heterocycles. The van der Waals surface area contributed by atoms with E-state index in [0.29, 0.717) is 16.7 Å². The number of esters is 1. The molecule has 0 fully saturated rings. The van der Waals surface area contributed by atoms with E-state index >= 15 is 0 Å². The van der Waals surface area contributed by atoms with Gasteiger partial charge in [0.1, 0.15) is 17.6 Å². The molecule has 2 aromatic carbocycles. The average molecular weight is 339 g/mol. The van der Waals surface area contributed by atoms with Crippen molar-refractivity contribution >= 4 is 5.97 Å². The first-order valence-corrected chi connectivity index (χ1v) is 8.10. The van der Waals surface area contributed by atoms with Gasteiger partial charge >= 0.3 is 5.97 Å². The van der Waals surface area contributed by atoms with Gasteiger partial charge in [-0.1, -0.05) is 6.07 Å². The quantitative estimate of drug-likeness (QED) is 0.566. The molecule has 25 heavy (non-hydrogen) atoms. The summed E-state index contributed by atoms with van der Waals surface area (Å²) >= 11 is 0. The highest BCUT2D eigenvalue weighted by Gasteiger charge is 2.23. The molecule has 0 aliphatic heterocycles. The van der Waals surface area contributed by atoms with E-state index in [2.05, 4.69) is 0 Å². The van der Waals surface area contributed by atoms with Crippen LogP contribution < -0.4 is 4.74 Å². The normalized spacial score (nSPS) is 10.5. The first-order valence-electron chi connectivity index (χ1n) is 8.10. The molecule has 3 nitrogen and oxygen atoms in total. The fourth-order valence-electron chi connectivity index (χ4n) is 3.04. The van der Waals surface area contributed by atoms with E-state index in [1.807, 2.05) is 39.8 Å². The third-order valence-electron chi connectivity index (χ3n) is 5.04. The van der Waals surface area contributed by atoms with Gasteiger partial charge in [-0.05, 0) is 81.8 Å². The number of hydrogen-bond donors (Lipinski definition) is 0. The number of benzene rings is 2. The SMILES string of the molecule is Cc1cc(C)c(C)c(C(=O)Oc2c(C)c(C)c(C#N)c(F)c2C)c1C. The summed E-state index contributed by atoms with van der Waals surface area (Å²) in [7, 11) is 0. The zero-order valence-electron chi connectivity index (χ0n) is 15.7. The molecule has 0 aliphatic carbocycles. The van der Waals surface area contributed by atoms with Gasteiger partial charge in [-0.15, -0.1) is 0 Å². The molecule has 0 radical (unpaired) electrons. The number of nitriles is 1. The third-order valence-corrected chi connectivity index (χ3v) is 5.04. The lowest BCUT2D eigenvalue weighted by Crippen LogP contribution is -2.16. The molecular weight excluding hydrogens is 317 g/mol. The maximum atomic E-state index is 14.4. The van der Waals surface area contributed by atoms with Crippen molar-refractivity contribution in [3.63, 3.8) is 0 Å². The van der Waals surface area contributed by atoms with E-state index in [1.54, 1.807) is 13.8 Å². The van der Waals surface area contributed by atoms with Gasteiger partial charge in [-0.25, -0.2) is 9.18 Å². The Morgan fingerprint density at radius 3 is 1.92 bits per heavy atom. The van der Waals surface area contributed by atoms with Crippen LogP contribution in [0, 0.1) is 65.6 Å². The first kappa shape index (κ1) is 18.7. The molecule has 0 heterocycles. The lowest BCUT2D eigenvalue weighted by atomic mass is 9.94. The monoisotopic (exact) mass is 339 g/mol. The Morgan fingerprint density at radius 2 is 1.44 bits per heavy atom. The number of nitrogens with zero attached hydrogens (tertiary/aromatic N) is 1. The van der Waals surface area contributed by atoms with Crippen LogP contribution in [-0.4, -0.2) is 5.97 Å². The van der Waals surface area contributed by atoms with Crippen LogP contribution in [0.3, 0.4) is 0 Å². The Labute approximate surface area is 148 Å². The fraction of sp³-hybridized carbons (Fsp3) is 0.333. The topological polar surface area (TPSA) is 50.1 Å². The number of halogens is 1. The summed E-state index contributed by atoms with van der Waals surface area (Å²) in [6.45, 7) is 12.5. The van der Waals surface area contributed by atoms with E-state index in [1.165, 1.54) is 6.92 Å². The number of carbonyl (C=O) groups is 1. The molecule has 0 amide bonds. The first-order chi connectivity index (χ1) is 11.6. The molecule has 0 aromatic heterocycles. The average Bonchev–Trinajstić information content (AvgIpc) is 2.56. The van der Waals surface area contributed by atoms with E-state index in [0.717, 1.165) is 22.3 Å². The summed E-state index contributed by atoms with van der Waals surface area (Å²) in [5.74, 6) is -0.948. The van der Waals surface area contributed by atoms with Gasteiger partial charge < -0.3 is 4.74 Å². The summed E-state index contributed by atoms with van der Waals surface area (Å²) < 4.78 is 20.0. The van der Waals surface area contributed by atoms with Crippen LogP contribution in [0.2, 0.25) is 0 Å². The van der Waals surface area contributed by atoms with Crippen LogP contribution in [0.4, 0.5) is 4.39 Å². The molecule has 0 saturated carbocycles. The van der Waals surface area contributed by atoms with Crippen molar-refractivity contribution in [2.24, 2.45) is 0 Å². The molecule has 2 aromatic rings. The highest BCUT2D eigenvalue weighted by atomic mass is 19.1. The van der Waals surface area contributed by atoms with Gasteiger partial charge in [-0.2, -0.15) is 5.26 Å². The maximum Gasteiger partial charge on any atom is 0.344 e. The number of aryl methyl sites for hydroxylation is 2. The zero-order chi connectivity index (χ0) is 19.0. The predicted molar refractivity (Wildman–Crippen MR) is 95.7 cm³/mol. The number of rotatable bonds is 2. The number of ether oxygens (including phenoxy) is 1. The highest BCUT2D eigenvalue weighted by molar-refractivity contribution is 5.95. The van der Waals surface area contributed by atoms with Crippen molar-refractivity contribution in [3.8, 4) is 11.8 Å². The second-order valence-corrected chi connectivity index (χ2v) is 6.53. The molecule has 0 N–H and O–H groups in total. The van der Waals surface area contributed by atoms with Crippen LogP contribution in [0.5, 0.6) is 5.75 Å². The number of carbonyl (C=O) groups excluding carboxylic acids is 1. The van der Waals surface area contributed by atoms with Crippen molar-refractivity contribution in [1.82, 2.24) is 0 Å². The van der Waals surface area contributed by atoms with E-state index in [4.69, 9.17) is 10.00 Å². The van der Waals surface area contributed by atoms with Gasteiger partial charge in [0.2, 0.25) is 0 Å². The highest BCUT2D eigenvalue weighted by Crippen LogP contribution is 2.33.